The summed E-state index contributed by atoms with van der Waals surface area (Å²) in [5, 5.41) is 8.79. The largest absolute Gasteiger partial charge is 0.466 e. The number of nitriles is 1. The predicted molar refractivity (Wildman–Crippen MR) is 67.0 cm³/mol. The van der Waals surface area contributed by atoms with Crippen molar-refractivity contribution in [3.63, 3.8) is 0 Å². The molecule has 96 valence electrons. The molecule has 0 fully saturated rings. The predicted octanol–water partition coefficient (Wildman–Crippen LogP) is 2.60. The van der Waals surface area contributed by atoms with Crippen LogP contribution in [0, 0.1) is 14.9 Å². The lowest BCUT2D eigenvalue weighted by Crippen LogP contribution is -2.12. The molecule has 0 amide bonds. The number of pyridine rings is 1. The third-order valence-electron chi connectivity index (χ3n) is 2.05. The van der Waals surface area contributed by atoms with E-state index in [1.807, 2.05) is 0 Å². The highest BCUT2D eigenvalue weighted by Gasteiger charge is 2.20. The van der Waals surface area contributed by atoms with Gasteiger partial charge in [0.2, 0.25) is 0 Å². The molecule has 0 aliphatic heterocycles. The quantitative estimate of drug-likeness (QED) is 0.607. The molecule has 18 heavy (non-hydrogen) atoms. The monoisotopic (exact) mass is 366 g/mol. The van der Waals surface area contributed by atoms with E-state index in [1.54, 1.807) is 35.6 Å². The van der Waals surface area contributed by atoms with Crippen LogP contribution in [-0.2, 0) is 16.0 Å². The number of hydrogen-bond donors (Lipinski definition) is 0. The Hall–Kier alpha value is -1.30. The van der Waals surface area contributed by atoms with Gasteiger partial charge in [-0.05, 0) is 35.6 Å². The highest BCUT2D eigenvalue weighted by Crippen LogP contribution is 2.25. The smallest absolute Gasteiger partial charge is 0.311 e. The van der Waals surface area contributed by atoms with E-state index in [0.717, 1.165) is 0 Å². The van der Waals surface area contributed by atoms with Crippen molar-refractivity contribution in [3.8, 4) is 6.07 Å². The average molecular weight is 366 g/mol. The summed E-state index contributed by atoms with van der Waals surface area (Å²) in [7, 11) is 0. The van der Waals surface area contributed by atoms with Crippen molar-refractivity contribution in [1.82, 2.24) is 4.98 Å². The van der Waals surface area contributed by atoms with Gasteiger partial charge in [0.05, 0.1) is 22.3 Å². The van der Waals surface area contributed by atoms with Gasteiger partial charge in [-0.1, -0.05) is 0 Å². The highest BCUT2D eigenvalue weighted by molar-refractivity contribution is 14.1. The van der Waals surface area contributed by atoms with Gasteiger partial charge < -0.3 is 4.74 Å². The maximum atomic E-state index is 12.8. The summed E-state index contributed by atoms with van der Waals surface area (Å²) < 4.78 is 30.6. The molecule has 4 nitrogen and oxygen atoms in total. The Morgan fingerprint density at radius 3 is 2.83 bits per heavy atom. The van der Waals surface area contributed by atoms with Gasteiger partial charge in [-0.3, -0.25) is 4.79 Å². The maximum Gasteiger partial charge on any atom is 0.311 e. The Balaban J connectivity index is 3.15. The van der Waals surface area contributed by atoms with Crippen LogP contribution in [0.1, 0.15) is 30.3 Å². The average Bonchev–Trinajstić information content (AvgIpc) is 2.30. The first-order valence-corrected chi connectivity index (χ1v) is 6.10. The van der Waals surface area contributed by atoms with Crippen LogP contribution in [0.15, 0.2) is 6.07 Å². The van der Waals surface area contributed by atoms with E-state index >= 15 is 0 Å². The molecule has 0 bridgehead atoms. The van der Waals surface area contributed by atoms with Crippen molar-refractivity contribution < 1.29 is 18.3 Å². The van der Waals surface area contributed by atoms with Crippen LogP contribution in [0.3, 0.4) is 0 Å². The number of halogens is 3. The van der Waals surface area contributed by atoms with Crippen molar-refractivity contribution in [3.05, 3.63) is 26.6 Å². The first kappa shape index (κ1) is 14.8. The minimum Gasteiger partial charge on any atom is -0.466 e. The molecule has 0 saturated heterocycles. The lowest BCUT2D eigenvalue weighted by molar-refractivity contribution is -0.142. The molecule has 1 aromatic rings. The van der Waals surface area contributed by atoms with Crippen LogP contribution in [0.5, 0.6) is 0 Å². The second-order valence-electron chi connectivity index (χ2n) is 3.25. The summed E-state index contributed by atoms with van der Waals surface area (Å²) in [5.41, 5.74) is -0.425. The minimum atomic E-state index is -2.75. The van der Waals surface area contributed by atoms with Gasteiger partial charge in [0.25, 0.3) is 6.43 Å². The zero-order chi connectivity index (χ0) is 13.7. The van der Waals surface area contributed by atoms with E-state index in [-0.39, 0.29) is 30.0 Å². The summed E-state index contributed by atoms with van der Waals surface area (Å²) in [5.74, 6) is -0.642. The van der Waals surface area contributed by atoms with E-state index in [2.05, 4.69) is 9.72 Å². The van der Waals surface area contributed by atoms with E-state index < -0.39 is 12.4 Å². The maximum absolute atomic E-state index is 12.8. The molecular weight excluding hydrogens is 357 g/mol. The van der Waals surface area contributed by atoms with Crippen LogP contribution in [0.4, 0.5) is 8.78 Å². The summed E-state index contributed by atoms with van der Waals surface area (Å²) in [6.07, 6.45) is -3.11. The minimum absolute atomic E-state index is 0.0271. The first-order chi connectivity index (χ1) is 8.49. The number of carbonyl (C=O) groups is 1. The molecule has 0 spiro atoms. The Labute approximate surface area is 116 Å². The van der Waals surface area contributed by atoms with Gasteiger partial charge in [0.15, 0.2) is 5.69 Å². The molecule has 7 heteroatoms. The van der Waals surface area contributed by atoms with Gasteiger partial charge in [-0.2, -0.15) is 5.26 Å². The molecule has 0 saturated carbocycles. The van der Waals surface area contributed by atoms with Crippen molar-refractivity contribution in [2.75, 3.05) is 6.61 Å². The number of ether oxygens (including phenoxy) is 1. The van der Waals surface area contributed by atoms with Crippen LogP contribution in [0.2, 0.25) is 0 Å². The van der Waals surface area contributed by atoms with Gasteiger partial charge >= 0.3 is 5.97 Å². The molecule has 0 unspecified atom stereocenters. The Morgan fingerprint density at radius 2 is 2.33 bits per heavy atom. The number of hydrogen-bond acceptors (Lipinski definition) is 4. The van der Waals surface area contributed by atoms with Gasteiger partial charge in [-0.25, -0.2) is 13.8 Å². The Kier molecular flexibility index (Phi) is 5.40. The SMILES string of the molecule is CCOC(=O)Cc1nc(C#N)c(I)cc1C(F)F. The van der Waals surface area contributed by atoms with E-state index in [0.29, 0.717) is 3.57 Å². The molecule has 1 rings (SSSR count). The standard InChI is InChI=1S/C11H9F2IN2O2/c1-2-18-10(17)4-8-6(11(12)13)3-7(14)9(5-15)16-8/h3,11H,2,4H2,1H3. The second-order valence-corrected chi connectivity index (χ2v) is 4.41. The molecule has 0 atom stereocenters. The molecular formula is C11H9F2IN2O2. The number of carbonyl (C=O) groups excluding carboxylic acids is 1. The fourth-order valence-electron chi connectivity index (χ4n) is 1.30. The second kappa shape index (κ2) is 6.58. The molecule has 1 aromatic heterocycles. The topological polar surface area (TPSA) is 63.0 Å². The zero-order valence-electron chi connectivity index (χ0n) is 9.41. The van der Waals surface area contributed by atoms with E-state index in [1.165, 1.54) is 6.07 Å². The fourth-order valence-corrected chi connectivity index (χ4v) is 1.88. The van der Waals surface area contributed by atoms with E-state index in [9.17, 15) is 13.6 Å². The van der Waals surface area contributed by atoms with Gasteiger partial charge in [0.1, 0.15) is 6.07 Å². The number of nitrogens with zero attached hydrogens (tertiary/aromatic N) is 2. The molecule has 0 aliphatic rings. The zero-order valence-corrected chi connectivity index (χ0v) is 11.6. The molecule has 0 aromatic carbocycles. The lowest BCUT2D eigenvalue weighted by atomic mass is 10.1. The van der Waals surface area contributed by atoms with Gasteiger partial charge in [0, 0.05) is 5.56 Å². The third kappa shape index (κ3) is 3.60. The Morgan fingerprint density at radius 1 is 1.67 bits per heavy atom. The van der Waals surface area contributed by atoms with Crippen LogP contribution in [0.25, 0.3) is 0 Å². The van der Waals surface area contributed by atoms with Crippen LogP contribution in [-0.4, -0.2) is 17.6 Å². The third-order valence-corrected chi connectivity index (χ3v) is 2.87. The normalized spacial score (nSPS) is 10.2. The fraction of sp³-hybridized carbons (Fsp3) is 0.364. The van der Waals surface area contributed by atoms with Crippen molar-refractivity contribution >= 4 is 28.6 Å². The number of alkyl halides is 2. The summed E-state index contributed by atoms with van der Waals surface area (Å²) >= 11 is 1.75. The highest BCUT2D eigenvalue weighted by atomic mass is 127. The Bertz CT molecular complexity index is 501. The number of rotatable bonds is 4. The molecule has 0 aliphatic carbocycles. The molecule has 0 N–H and O–H groups in total. The van der Waals surface area contributed by atoms with Crippen molar-refractivity contribution in [1.29, 1.82) is 5.26 Å². The summed E-state index contributed by atoms with van der Waals surface area (Å²) in [6.45, 7) is 1.78. The number of esters is 1. The summed E-state index contributed by atoms with van der Waals surface area (Å²) in [4.78, 5) is 15.1. The van der Waals surface area contributed by atoms with Crippen LogP contribution < -0.4 is 0 Å². The van der Waals surface area contributed by atoms with Crippen molar-refractivity contribution in [2.45, 2.75) is 19.8 Å². The summed E-state index contributed by atoms with van der Waals surface area (Å²) in [6, 6.07) is 2.96. The molecule has 0 radical (unpaired) electrons. The van der Waals surface area contributed by atoms with E-state index in [4.69, 9.17) is 5.26 Å². The van der Waals surface area contributed by atoms with Gasteiger partial charge in [-0.15, -0.1) is 0 Å². The first-order valence-electron chi connectivity index (χ1n) is 5.02. The van der Waals surface area contributed by atoms with Crippen molar-refractivity contribution in [2.24, 2.45) is 0 Å². The van der Waals surface area contributed by atoms with Crippen LogP contribution >= 0.6 is 22.6 Å². The number of aromatic nitrogens is 1. The molecule has 1 heterocycles. The lowest BCUT2D eigenvalue weighted by Gasteiger charge is -2.09.